The van der Waals surface area contributed by atoms with Gasteiger partial charge in [-0.25, -0.2) is 9.78 Å². The van der Waals surface area contributed by atoms with E-state index in [0.717, 1.165) is 11.3 Å². The van der Waals surface area contributed by atoms with Crippen molar-refractivity contribution in [1.82, 2.24) is 4.98 Å². The Balaban J connectivity index is 2.79. The molecular weight excluding hydrogens is 238 g/mol. The van der Waals surface area contributed by atoms with Crippen LogP contribution in [0.3, 0.4) is 0 Å². The van der Waals surface area contributed by atoms with Crippen molar-refractivity contribution in [3.63, 3.8) is 0 Å². The van der Waals surface area contributed by atoms with E-state index in [4.69, 9.17) is 0 Å². The Morgan fingerprint density at radius 1 is 1.73 bits per heavy atom. The van der Waals surface area contributed by atoms with Crippen molar-refractivity contribution in [2.75, 3.05) is 12.9 Å². The second kappa shape index (κ2) is 5.45. The Hall–Kier alpha value is -0.630. The topological polar surface area (TPSA) is 79.7 Å². The Bertz CT molecular complexity index is 341. The maximum absolute atomic E-state index is 11.1. The summed E-state index contributed by atoms with van der Waals surface area (Å²) in [5, 5.41) is 20.6. The maximum atomic E-state index is 11.1. The number of thiazole rings is 1. The average molecular weight is 249 g/mol. The molecule has 5 nitrogen and oxygen atoms in total. The molecule has 7 heteroatoms. The van der Waals surface area contributed by atoms with E-state index in [0.29, 0.717) is 0 Å². The van der Waals surface area contributed by atoms with Gasteiger partial charge in [0.1, 0.15) is 11.1 Å². The van der Waals surface area contributed by atoms with Crippen molar-refractivity contribution < 1.29 is 19.7 Å². The fourth-order valence-electron chi connectivity index (χ4n) is 0.886. The number of carbonyl (C=O) groups excluding carboxylic acids is 1. The molecule has 0 bridgehead atoms. The zero-order valence-electron chi connectivity index (χ0n) is 7.95. The highest BCUT2D eigenvalue weighted by Gasteiger charge is 2.21. The maximum Gasteiger partial charge on any atom is 0.357 e. The monoisotopic (exact) mass is 249 g/mol. The van der Waals surface area contributed by atoms with Gasteiger partial charge in [-0.15, -0.1) is 11.3 Å². The van der Waals surface area contributed by atoms with Gasteiger partial charge in [0.25, 0.3) is 0 Å². The quantitative estimate of drug-likeness (QED) is 0.526. The molecule has 1 heterocycles. The van der Waals surface area contributed by atoms with E-state index in [9.17, 15) is 15.0 Å². The van der Waals surface area contributed by atoms with Crippen LogP contribution in [0.25, 0.3) is 0 Å². The molecule has 1 aromatic rings. The fraction of sp³-hybridized carbons (Fsp3) is 0.500. The summed E-state index contributed by atoms with van der Waals surface area (Å²) in [6.07, 6.45) is -2.11. The van der Waals surface area contributed by atoms with Crippen molar-refractivity contribution in [2.24, 2.45) is 0 Å². The Kier molecular flexibility index (Phi) is 4.52. The first-order chi connectivity index (χ1) is 7.10. The van der Waals surface area contributed by atoms with E-state index in [-0.39, 0.29) is 16.5 Å². The normalized spacial score (nSPS) is 14.7. The second-order valence-electron chi connectivity index (χ2n) is 2.76. The number of nitrogens with zero attached hydrogens (tertiary/aromatic N) is 1. The first-order valence-electron chi connectivity index (χ1n) is 4.11. The number of methoxy groups -OCH3 is 1. The zero-order valence-corrected chi connectivity index (χ0v) is 9.66. The molecule has 2 unspecified atom stereocenters. The van der Waals surface area contributed by atoms with E-state index in [2.05, 4.69) is 22.3 Å². The molecule has 2 atom stereocenters. The van der Waals surface area contributed by atoms with Gasteiger partial charge in [0.05, 0.1) is 13.2 Å². The first kappa shape index (κ1) is 12.4. The Morgan fingerprint density at radius 3 is 2.93 bits per heavy atom. The predicted molar refractivity (Wildman–Crippen MR) is 58.3 cm³/mol. The summed E-state index contributed by atoms with van der Waals surface area (Å²) in [6, 6.07) is 0. The summed E-state index contributed by atoms with van der Waals surface area (Å²) in [6.45, 7) is 0. The number of aromatic nitrogens is 1. The first-order valence-corrected chi connectivity index (χ1v) is 5.62. The smallest absolute Gasteiger partial charge is 0.357 e. The summed E-state index contributed by atoms with van der Waals surface area (Å²) >= 11 is 4.94. The van der Waals surface area contributed by atoms with Crippen LogP contribution in [-0.4, -0.2) is 40.1 Å². The number of thiol groups is 1. The summed E-state index contributed by atoms with van der Waals surface area (Å²) in [4.78, 5) is 14.9. The third-order valence-corrected chi connectivity index (χ3v) is 3.01. The summed E-state index contributed by atoms with van der Waals surface area (Å²) in [5.41, 5.74) is 0.128. The molecule has 0 spiro atoms. The summed E-state index contributed by atoms with van der Waals surface area (Å²) in [5.74, 6) is -0.445. The lowest BCUT2D eigenvalue weighted by Gasteiger charge is -2.12. The highest BCUT2D eigenvalue weighted by molar-refractivity contribution is 7.80. The Labute approximate surface area is 96.1 Å². The van der Waals surface area contributed by atoms with E-state index < -0.39 is 18.2 Å². The average Bonchev–Trinajstić information content (AvgIpc) is 2.75. The molecule has 0 aliphatic carbocycles. The number of aliphatic hydroxyl groups excluding tert-OH is 2. The van der Waals surface area contributed by atoms with Crippen LogP contribution in [0.5, 0.6) is 0 Å². The number of ether oxygens (including phenoxy) is 1. The Morgan fingerprint density at radius 2 is 2.40 bits per heavy atom. The minimum Gasteiger partial charge on any atom is -0.464 e. The lowest BCUT2D eigenvalue weighted by molar-refractivity contribution is 0.0333. The minimum atomic E-state index is -1.12. The third-order valence-electron chi connectivity index (χ3n) is 1.72. The van der Waals surface area contributed by atoms with Crippen LogP contribution in [-0.2, 0) is 4.74 Å². The molecule has 84 valence electrons. The van der Waals surface area contributed by atoms with Crippen LogP contribution in [0, 0.1) is 0 Å². The van der Waals surface area contributed by atoms with Crippen molar-refractivity contribution in [3.8, 4) is 0 Å². The van der Waals surface area contributed by atoms with Gasteiger partial charge in [0.2, 0.25) is 0 Å². The molecule has 1 rings (SSSR count). The number of hydrogen-bond donors (Lipinski definition) is 3. The fourth-order valence-corrected chi connectivity index (χ4v) is 1.91. The third kappa shape index (κ3) is 2.91. The molecular formula is C8H11NO4S2. The van der Waals surface area contributed by atoms with Crippen molar-refractivity contribution >= 4 is 29.9 Å². The molecule has 0 radical (unpaired) electrons. The molecule has 0 aliphatic rings. The number of carbonyl (C=O) groups is 1. The van der Waals surface area contributed by atoms with E-state index in [1.165, 1.54) is 12.5 Å². The molecule has 0 aliphatic heterocycles. The molecule has 1 aromatic heterocycles. The van der Waals surface area contributed by atoms with Gasteiger partial charge in [-0.05, 0) is 0 Å². The van der Waals surface area contributed by atoms with E-state index >= 15 is 0 Å². The van der Waals surface area contributed by atoms with Crippen molar-refractivity contribution in [2.45, 2.75) is 12.2 Å². The predicted octanol–water partition coefficient (Wildman–Crippen LogP) is 0.254. The van der Waals surface area contributed by atoms with Gasteiger partial charge in [0, 0.05) is 11.1 Å². The van der Waals surface area contributed by atoms with Crippen molar-refractivity contribution in [1.29, 1.82) is 0 Å². The molecule has 0 amide bonds. The van der Waals surface area contributed by atoms with Crippen LogP contribution in [0.4, 0.5) is 0 Å². The number of rotatable bonds is 4. The van der Waals surface area contributed by atoms with Crippen LogP contribution < -0.4 is 0 Å². The van der Waals surface area contributed by atoms with Crippen LogP contribution >= 0.6 is 24.0 Å². The van der Waals surface area contributed by atoms with Crippen LogP contribution in [0.15, 0.2) is 5.38 Å². The van der Waals surface area contributed by atoms with Gasteiger partial charge in [-0.2, -0.15) is 12.6 Å². The zero-order chi connectivity index (χ0) is 11.4. The standard InChI is InChI=1S/C8H11NO4S2/c1-13-8(12)4-3-15-7(9-4)6(11)5(10)2-14/h3,5-6,10-11,14H,2H2,1H3. The van der Waals surface area contributed by atoms with Gasteiger partial charge in [0.15, 0.2) is 5.69 Å². The lowest BCUT2D eigenvalue weighted by atomic mass is 10.2. The summed E-state index contributed by atoms with van der Waals surface area (Å²) < 4.78 is 4.46. The second-order valence-corrected chi connectivity index (χ2v) is 4.01. The van der Waals surface area contributed by atoms with Crippen LogP contribution in [0.2, 0.25) is 0 Å². The van der Waals surface area contributed by atoms with Gasteiger partial charge in [-0.1, -0.05) is 0 Å². The van der Waals surface area contributed by atoms with Gasteiger partial charge >= 0.3 is 5.97 Å². The minimum absolute atomic E-state index is 0.119. The number of aliphatic hydroxyl groups is 2. The van der Waals surface area contributed by atoms with Gasteiger partial charge in [-0.3, -0.25) is 0 Å². The lowest BCUT2D eigenvalue weighted by Crippen LogP contribution is -2.19. The highest BCUT2D eigenvalue weighted by atomic mass is 32.1. The molecule has 0 fully saturated rings. The summed E-state index contributed by atoms with van der Waals surface area (Å²) in [7, 11) is 1.25. The molecule has 0 saturated heterocycles. The number of hydrogen-bond acceptors (Lipinski definition) is 7. The molecule has 0 aromatic carbocycles. The largest absolute Gasteiger partial charge is 0.464 e. The number of esters is 1. The molecule has 15 heavy (non-hydrogen) atoms. The van der Waals surface area contributed by atoms with E-state index in [1.807, 2.05) is 0 Å². The molecule has 0 saturated carbocycles. The van der Waals surface area contributed by atoms with Crippen molar-refractivity contribution in [3.05, 3.63) is 16.1 Å². The van der Waals surface area contributed by atoms with Gasteiger partial charge < -0.3 is 14.9 Å². The SMILES string of the molecule is COC(=O)c1csc(C(O)C(O)CS)n1. The highest BCUT2D eigenvalue weighted by Crippen LogP contribution is 2.22. The molecule has 2 N–H and O–H groups in total. The van der Waals surface area contributed by atoms with Crippen LogP contribution in [0.1, 0.15) is 21.6 Å². The van der Waals surface area contributed by atoms with E-state index in [1.54, 1.807) is 0 Å².